The third-order valence-electron chi connectivity index (χ3n) is 1.52. The Morgan fingerprint density at radius 1 is 1.62 bits per heavy atom. The van der Waals surface area contributed by atoms with Crippen LogP contribution in [0.1, 0.15) is 19.8 Å². The summed E-state index contributed by atoms with van der Waals surface area (Å²) in [5.74, 6) is 0. The average Bonchev–Trinajstić information content (AvgIpc) is 2.14. The van der Waals surface area contributed by atoms with E-state index in [1.54, 1.807) is 0 Å². The molecule has 8 heavy (non-hydrogen) atoms. The number of hydrogen-bond acceptors (Lipinski definition) is 2. The van der Waals surface area contributed by atoms with Crippen LogP contribution in [0.15, 0.2) is 0 Å². The van der Waals surface area contributed by atoms with E-state index in [9.17, 15) is 0 Å². The Bertz CT molecular complexity index is 72.9. The molecular formula is C6H12O2. The topological polar surface area (TPSA) is 29.5 Å². The molecular weight excluding hydrogens is 104 g/mol. The summed E-state index contributed by atoms with van der Waals surface area (Å²) in [6.45, 7) is 2.22. The fourth-order valence-electron chi connectivity index (χ4n) is 1.02. The van der Waals surface area contributed by atoms with E-state index < -0.39 is 0 Å². The van der Waals surface area contributed by atoms with Crippen molar-refractivity contribution in [3.8, 4) is 0 Å². The molecule has 0 aliphatic carbocycles. The van der Waals surface area contributed by atoms with Crippen molar-refractivity contribution in [1.82, 2.24) is 0 Å². The van der Waals surface area contributed by atoms with Crippen molar-refractivity contribution < 1.29 is 9.84 Å². The van der Waals surface area contributed by atoms with Gasteiger partial charge in [0.15, 0.2) is 0 Å². The predicted molar refractivity (Wildman–Crippen MR) is 30.7 cm³/mol. The largest absolute Gasteiger partial charge is 0.394 e. The standard InChI is InChI=1S/C6H12O2/c1-5-2-3-6(4-7)8-5/h5-7H,2-4H2,1H3/t5-,6?/m0/s1. The van der Waals surface area contributed by atoms with Gasteiger partial charge in [-0.05, 0) is 19.8 Å². The maximum Gasteiger partial charge on any atom is 0.0810 e. The number of rotatable bonds is 1. The molecule has 0 bridgehead atoms. The summed E-state index contributed by atoms with van der Waals surface area (Å²) in [4.78, 5) is 0. The second-order valence-electron chi connectivity index (χ2n) is 2.33. The normalized spacial score (nSPS) is 38.2. The summed E-state index contributed by atoms with van der Waals surface area (Å²) in [7, 11) is 0. The van der Waals surface area contributed by atoms with E-state index in [4.69, 9.17) is 9.84 Å². The minimum absolute atomic E-state index is 0.130. The van der Waals surface area contributed by atoms with Crippen molar-refractivity contribution in [2.75, 3.05) is 6.61 Å². The summed E-state index contributed by atoms with van der Waals surface area (Å²) < 4.78 is 5.26. The highest BCUT2D eigenvalue weighted by molar-refractivity contribution is 4.68. The van der Waals surface area contributed by atoms with Crippen LogP contribution in [0.3, 0.4) is 0 Å². The lowest BCUT2D eigenvalue weighted by molar-refractivity contribution is 0.0198. The molecule has 48 valence electrons. The molecule has 0 aromatic rings. The molecule has 2 atom stereocenters. The van der Waals surface area contributed by atoms with Crippen molar-refractivity contribution in [3.05, 3.63) is 0 Å². The molecule has 1 rings (SSSR count). The molecule has 1 unspecified atom stereocenters. The Morgan fingerprint density at radius 3 is 2.62 bits per heavy atom. The van der Waals surface area contributed by atoms with Crippen molar-refractivity contribution in [2.24, 2.45) is 0 Å². The van der Waals surface area contributed by atoms with Gasteiger partial charge in [-0.25, -0.2) is 0 Å². The second-order valence-corrected chi connectivity index (χ2v) is 2.33. The molecule has 1 fully saturated rings. The minimum Gasteiger partial charge on any atom is -0.394 e. The van der Waals surface area contributed by atoms with E-state index in [1.807, 2.05) is 6.92 Å². The molecule has 0 radical (unpaired) electrons. The Labute approximate surface area is 49.5 Å². The number of aliphatic hydroxyl groups is 1. The van der Waals surface area contributed by atoms with Gasteiger partial charge in [0.05, 0.1) is 18.8 Å². The molecule has 1 N–H and O–H groups in total. The average molecular weight is 116 g/mol. The molecule has 2 nitrogen and oxygen atoms in total. The van der Waals surface area contributed by atoms with Crippen LogP contribution >= 0.6 is 0 Å². The first-order chi connectivity index (χ1) is 3.83. The first-order valence-electron chi connectivity index (χ1n) is 3.09. The SMILES string of the molecule is C[C@H]1CCC(CO)O1. The summed E-state index contributed by atoms with van der Waals surface area (Å²) in [5, 5.41) is 8.56. The molecule has 1 saturated heterocycles. The fourth-order valence-corrected chi connectivity index (χ4v) is 1.02. The third kappa shape index (κ3) is 1.20. The van der Waals surface area contributed by atoms with Crippen LogP contribution in [-0.4, -0.2) is 23.9 Å². The molecule has 0 aromatic carbocycles. The lowest BCUT2D eigenvalue weighted by atomic mass is 10.2. The van der Waals surface area contributed by atoms with Crippen LogP contribution in [0.4, 0.5) is 0 Å². The van der Waals surface area contributed by atoms with E-state index in [1.165, 1.54) is 0 Å². The smallest absolute Gasteiger partial charge is 0.0810 e. The monoisotopic (exact) mass is 116 g/mol. The molecule has 0 spiro atoms. The summed E-state index contributed by atoms with van der Waals surface area (Å²) in [5.41, 5.74) is 0. The summed E-state index contributed by atoms with van der Waals surface area (Å²) in [6, 6.07) is 0. The van der Waals surface area contributed by atoms with Gasteiger partial charge in [0.25, 0.3) is 0 Å². The molecule has 2 heteroatoms. The highest BCUT2D eigenvalue weighted by atomic mass is 16.5. The Hall–Kier alpha value is -0.0800. The highest BCUT2D eigenvalue weighted by Crippen LogP contribution is 2.17. The van der Waals surface area contributed by atoms with Gasteiger partial charge < -0.3 is 9.84 Å². The molecule has 0 saturated carbocycles. The van der Waals surface area contributed by atoms with Crippen molar-refractivity contribution >= 4 is 0 Å². The first-order valence-corrected chi connectivity index (χ1v) is 3.09. The second kappa shape index (κ2) is 2.46. The van der Waals surface area contributed by atoms with Gasteiger partial charge in [0.2, 0.25) is 0 Å². The summed E-state index contributed by atoms with van der Waals surface area (Å²) in [6.07, 6.45) is 2.63. The van der Waals surface area contributed by atoms with Gasteiger partial charge >= 0.3 is 0 Å². The van der Waals surface area contributed by atoms with Crippen LogP contribution in [0.5, 0.6) is 0 Å². The molecule has 1 aliphatic rings. The van der Waals surface area contributed by atoms with Crippen molar-refractivity contribution in [3.63, 3.8) is 0 Å². The number of ether oxygens (including phenoxy) is 1. The van der Waals surface area contributed by atoms with Gasteiger partial charge in [0.1, 0.15) is 0 Å². The van der Waals surface area contributed by atoms with Crippen LogP contribution < -0.4 is 0 Å². The quantitative estimate of drug-likeness (QED) is 0.542. The van der Waals surface area contributed by atoms with Gasteiger partial charge in [0, 0.05) is 0 Å². The summed E-state index contributed by atoms with van der Waals surface area (Å²) >= 11 is 0. The van der Waals surface area contributed by atoms with Crippen molar-refractivity contribution in [1.29, 1.82) is 0 Å². The number of aliphatic hydroxyl groups excluding tert-OH is 1. The van der Waals surface area contributed by atoms with E-state index in [0.717, 1.165) is 12.8 Å². The first kappa shape index (κ1) is 6.05. The lowest BCUT2D eigenvalue weighted by Crippen LogP contribution is -2.11. The minimum atomic E-state index is 0.130. The van der Waals surface area contributed by atoms with Gasteiger partial charge in [-0.3, -0.25) is 0 Å². The van der Waals surface area contributed by atoms with Crippen LogP contribution in [0, 0.1) is 0 Å². The predicted octanol–water partition coefficient (Wildman–Crippen LogP) is 0.546. The lowest BCUT2D eigenvalue weighted by Gasteiger charge is -2.05. The zero-order valence-electron chi connectivity index (χ0n) is 5.13. The van der Waals surface area contributed by atoms with E-state index in [-0.39, 0.29) is 12.7 Å². The van der Waals surface area contributed by atoms with Gasteiger partial charge in [-0.1, -0.05) is 0 Å². The fraction of sp³-hybridized carbons (Fsp3) is 1.00. The van der Waals surface area contributed by atoms with Gasteiger partial charge in [-0.15, -0.1) is 0 Å². The van der Waals surface area contributed by atoms with Crippen LogP contribution in [-0.2, 0) is 4.74 Å². The molecule has 0 amide bonds. The maximum absolute atomic E-state index is 8.56. The van der Waals surface area contributed by atoms with Gasteiger partial charge in [-0.2, -0.15) is 0 Å². The Balaban J connectivity index is 2.22. The third-order valence-corrected chi connectivity index (χ3v) is 1.52. The van der Waals surface area contributed by atoms with E-state index in [2.05, 4.69) is 0 Å². The highest BCUT2D eigenvalue weighted by Gasteiger charge is 2.19. The Morgan fingerprint density at radius 2 is 2.38 bits per heavy atom. The van der Waals surface area contributed by atoms with E-state index in [0.29, 0.717) is 6.10 Å². The van der Waals surface area contributed by atoms with E-state index >= 15 is 0 Å². The number of hydrogen-bond donors (Lipinski definition) is 1. The van der Waals surface area contributed by atoms with Crippen LogP contribution in [0.2, 0.25) is 0 Å². The van der Waals surface area contributed by atoms with Crippen molar-refractivity contribution in [2.45, 2.75) is 32.0 Å². The van der Waals surface area contributed by atoms with Crippen LogP contribution in [0.25, 0.3) is 0 Å². The zero-order chi connectivity index (χ0) is 5.98. The maximum atomic E-state index is 8.56. The molecule has 1 heterocycles. The zero-order valence-corrected chi connectivity index (χ0v) is 5.13. The molecule has 0 aromatic heterocycles. The Kier molecular flexibility index (Phi) is 1.86. The molecule has 1 aliphatic heterocycles.